The van der Waals surface area contributed by atoms with E-state index in [1.807, 2.05) is 13.8 Å². The van der Waals surface area contributed by atoms with Gasteiger partial charge in [-0.15, -0.1) is 0 Å². The van der Waals surface area contributed by atoms with Crippen LogP contribution in [0.25, 0.3) is 0 Å². The molecule has 1 atom stereocenters. The number of rotatable bonds is 5. The smallest absolute Gasteiger partial charge is 0.268 e. The molecule has 0 heterocycles. The fourth-order valence-corrected chi connectivity index (χ4v) is 1.75. The summed E-state index contributed by atoms with van der Waals surface area (Å²) in [5.74, 6) is -0.681. The molecule has 6 heteroatoms. The van der Waals surface area contributed by atoms with Gasteiger partial charge in [-0.25, -0.2) is 5.06 Å². The maximum atomic E-state index is 12.1. The quantitative estimate of drug-likeness (QED) is 0.847. The van der Waals surface area contributed by atoms with Crippen LogP contribution in [0.4, 0.5) is 0 Å². The number of likely N-dealkylation sites (N-methyl/N-ethyl adjacent to an activating group) is 1. The van der Waals surface area contributed by atoms with E-state index < -0.39 is 6.04 Å². The maximum Gasteiger partial charge on any atom is 0.268 e. The molecule has 1 rings (SSSR count). The van der Waals surface area contributed by atoms with Gasteiger partial charge in [0.25, 0.3) is 11.8 Å². The van der Waals surface area contributed by atoms with Crippen LogP contribution >= 0.6 is 11.6 Å². The molecule has 110 valence electrons. The zero-order valence-corrected chi connectivity index (χ0v) is 12.8. The molecular formula is C14H19ClN2O3. The van der Waals surface area contributed by atoms with Gasteiger partial charge >= 0.3 is 0 Å². The average Bonchev–Trinajstić information content (AvgIpc) is 2.43. The molecule has 0 saturated carbocycles. The van der Waals surface area contributed by atoms with Gasteiger partial charge in [0.05, 0.1) is 7.11 Å². The van der Waals surface area contributed by atoms with E-state index in [9.17, 15) is 9.59 Å². The van der Waals surface area contributed by atoms with E-state index in [2.05, 4.69) is 5.32 Å². The second-order valence-electron chi connectivity index (χ2n) is 4.72. The topological polar surface area (TPSA) is 58.6 Å². The molecule has 0 unspecified atom stereocenters. The summed E-state index contributed by atoms with van der Waals surface area (Å²) >= 11 is 5.77. The Bertz CT molecular complexity index is 474. The number of carbonyl (C=O) groups excluding carboxylic acids is 2. The standard InChI is InChI=1S/C14H19ClN2O3/c1-9(2)12(14(19)17(3)20-4)16-13(18)10-5-7-11(15)8-6-10/h5-9,12H,1-4H3,(H,16,18)/t12-/m1/s1. The summed E-state index contributed by atoms with van der Waals surface area (Å²) in [6, 6.07) is 5.83. The number of nitrogens with zero attached hydrogens (tertiary/aromatic N) is 1. The van der Waals surface area contributed by atoms with Crippen molar-refractivity contribution in [2.24, 2.45) is 5.92 Å². The van der Waals surface area contributed by atoms with Gasteiger partial charge in [0.15, 0.2) is 0 Å². The Morgan fingerprint density at radius 3 is 2.25 bits per heavy atom. The molecule has 0 bridgehead atoms. The van der Waals surface area contributed by atoms with Crippen molar-refractivity contribution < 1.29 is 14.4 Å². The first-order valence-corrected chi connectivity index (χ1v) is 6.62. The lowest BCUT2D eigenvalue weighted by Gasteiger charge is -2.25. The molecule has 1 aromatic rings. The fraction of sp³-hybridized carbons (Fsp3) is 0.429. The second kappa shape index (κ2) is 7.26. The molecule has 0 aliphatic rings. The summed E-state index contributed by atoms with van der Waals surface area (Å²) in [4.78, 5) is 29.1. The van der Waals surface area contributed by atoms with E-state index in [1.54, 1.807) is 24.3 Å². The van der Waals surface area contributed by atoms with Crippen LogP contribution in [0.2, 0.25) is 5.02 Å². The highest BCUT2D eigenvalue weighted by atomic mass is 35.5. The number of halogens is 1. The summed E-state index contributed by atoms with van der Waals surface area (Å²) in [5, 5.41) is 4.37. The van der Waals surface area contributed by atoms with Crippen molar-refractivity contribution in [2.75, 3.05) is 14.2 Å². The summed E-state index contributed by atoms with van der Waals surface area (Å²) in [6.45, 7) is 3.71. The Balaban J connectivity index is 2.83. The van der Waals surface area contributed by atoms with E-state index in [-0.39, 0.29) is 17.7 Å². The van der Waals surface area contributed by atoms with Crippen molar-refractivity contribution in [1.29, 1.82) is 0 Å². The number of hydrogen-bond acceptors (Lipinski definition) is 3. The molecule has 0 aliphatic carbocycles. The van der Waals surface area contributed by atoms with Gasteiger partial charge in [0.2, 0.25) is 0 Å². The van der Waals surface area contributed by atoms with Gasteiger partial charge in [-0.3, -0.25) is 14.4 Å². The van der Waals surface area contributed by atoms with E-state index in [0.29, 0.717) is 10.6 Å². The number of nitrogens with one attached hydrogen (secondary N) is 1. The summed E-state index contributed by atoms with van der Waals surface area (Å²) in [6.07, 6.45) is 0. The number of amides is 2. The van der Waals surface area contributed by atoms with Gasteiger partial charge < -0.3 is 5.32 Å². The predicted octanol–water partition coefficient (Wildman–Crippen LogP) is 2.11. The van der Waals surface area contributed by atoms with Gasteiger partial charge in [-0.05, 0) is 30.2 Å². The Hall–Kier alpha value is -1.59. The third-order valence-corrected chi connectivity index (χ3v) is 3.16. The van der Waals surface area contributed by atoms with E-state index in [1.165, 1.54) is 14.2 Å². The summed E-state index contributed by atoms with van der Waals surface area (Å²) in [7, 11) is 2.91. The number of carbonyl (C=O) groups is 2. The molecule has 20 heavy (non-hydrogen) atoms. The molecule has 0 fully saturated rings. The first kappa shape index (κ1) is 16.5. The first-order valence-electron chi connectivity index (χ1n) is 6.25. The second-order valence-corrected chi connectivity index (χ2v) is 5.16. The van der Waals surface area contributed by atoms with Gasteiger partial charge in [0.1, 0.15) is 6.04 Å². The van der Waals surface area contributed by atoms with Crippen LogP contribution in [0.5, 0.6) is 0 Å². The lowest BCUT2D eigenvalue weighted by Crippen LogP contribution is -2.49. The molecule has 0 saturated heterocycles. The molecule has 1 N–H and O–H groups in total. The zero-order valence-electron chi connectivity index (χ0n) is 12.0. The van der Waals surface area contributed by atoms with Crippen molar-refractivity contribution in [3.63, 3.8) is 0 Å². The van der Waals surface area contributed by atoms with E-state index in [0.717, 1.165) is 5.06 Å². The minimum absolute atomic E-state index is 0.0589. The van der Waals surface area contributed by atoms with Crippen molar-refractivity contribution in [1.82, 2.24) is 10.4 Å². The molecule has 0 aromatic heterocycles. The monoisotopic (exact) mass is 298 g/mol. The third-order valence-electron chi connectivity index (χ3n) is 2.91. The van der Waals surface area contributed by atoms with E-state index in [4.69, 9.17) is 16.4 Å². The van der Waals surface area contributed by atoms with Crippen LogP contribution in [0.1, 0.15) is 24.2 Å². The van der Waals surface area contributed by atoms with Crippen LogP contribution in [-0.4, -0.2) is 37.1 Å². The SMILES string of the molecule is CON(C)C(=O)[C@H](NC(=O)c1ccc(Cl)cc1)C(C)C. The van der Waals surface area contributed by atoms with E-state index >= 15 is 0 Å². The summed E-state index contributed by atoms with van der Waals surface area (Å²) in [5.41, 5.74) is 0.452. The largest absolute Gasteiger partial charge is 0.340 e. The Morgan fingerprint density at radius 1 is 1.25 bits per heavy atom. The van der Waals surface area contributed by atoms with Crippen LogP contribution < -0.4 is 5.32 Å². The highest BCUT2D eigenvalue weighted by Gasteiger charge is 2.27. The van der Waals surface area contributed by atoms with Crippen molar-refractivity contribution in [3.05, 3.63) is 34.9 Å². The molecule has 5 nitrogen and oxygen atoms in total. The van der Waals surface area contributed by atoms with Crippen LogP contribution in [0, 0.1) is 5.92 Å². The van der Waals surface area contributed by atoms with Crippen LogP contribution in [-0.2, 0) is 9.63 Å². The van der Waals surface area contributed by atoms with Gasteiger partial charge in [-0.2, -0.15) is 0 Å². The highest BCUT2D eigenvalue weighted by Crippen LogP contribution is 2.11. The molecule has 0 aliphatic heterocycles. The average molecular weight is 299 g/mol. The summed E-state index contributed by atoms with van der Waals surface area (Å²) < 4.78 is 0. The number of hydroxylamine groups is 2. The minimum Gasteiger partial charge on any atom is -0.340 e. The van der Waals surface area contributed by atoms with Gasteiger partial charge in [0, 0.05) is 17.6 Å². The third kappa shape index (κ3) is 4.21. The number of benzene rings is 1. The predicted molar refractivity (Wildman–Crippen MR) is 77.3 cm³/mol. The molecule has 1 aromatic carbocycles. The first-order chi connectivity index (χ1) is 9.36. The fourth-order valence-electron chi connectivity index (χ4n) is 1.63. The number of hydrogen-bond donors (Lipinski definition) is 1. The lowest BCUT2D eigenvalue weighted by atomic mass is 10.0. The van der Waals surface area contributed by atoms with Crippen molar-refractivity contribution >= 4 is 23.4 Å². The molecular weight excluding hydrogens is 280 g/mol. The highest BCUT2D eigenvalue weighted by molar-refractivity contribution is 6.30. The maximum absolute atomic E-state index is 12.1. The molecule has 0 spiro atoms. The molecule has 0 radical (unpaired) electrons. The van der Waals surface area contributed by atoms with Crippen LogP contribution in [0.3, 0.4) is 0 Å². The van der Waals surface area contributed by atoms with Crippen molar-refractivity contribution in [2.45, 2.75) is 19.9 Å². The zero-order chi connectivity index (χ0) is 15.3. The Kier molecular flexibility index (Phi) is 5.98. The minimum atomic E-state index is -0.650. The molecule has 2 amide bonds. The normalized spacial score (nSPS) is 12.1. The van der Waals surface area contributed by atoms with Crippen molar-refractivity contribution in [3.8, 4) is 0 Å². The Morgan fingerprint density at radius 2 is 1.80 bits per heavy atom. The van der Waals surface area contributed by atoms with Gasteiger partial charge in [-0.1, -0.05) is 25.4 Å². The van der Waals surface area contributed by atoms with Crippen LogP contribution in [0.15, 0.2) is 24.3 Å². The lowest BCUT2D eigenvalue weighted by molar-refractivity contribution is -0.171. The Labute approximate surface area is 123 Å².